The van der Waals surface area contributed by atoms with Crippen LogP contribution in [-0.2, 0) is 12.8 Å². The highest BCUT2D eigenvalue weighted by Gasteiger charge is 2.13. The molecule has 35 heavy (non-hydrogen) atoms. The van der Waals surface area contributed by atoms with Crippen molar-refractivity contribution in [3.63, 3.8) is 0 Å². The minimum absolute atomic E-state index is 0.0990. The van der Waals surface area contributed by atoms with Crippen LogP contribution < -0.4 is 0 Å². The lowest BCUT2D eigenvalue weighted by molar-refractivity contribution is 0.666. The van der Waals surface area contributed by atoms with E-state index >= 15 is 0 Å². The Hall–Kier alpha value is -2.89. The molecule has 0 aliphatic heterocycles. The number of rotatable bonds is 10. The Labute approximate surface area is 214 Å². The van der Waals surface area contributed by atoms with Crippen molar-refractivity contribution in [3.05, 3.63) is 105 Å². The lowest BCUT2D eigenvalue weighted by Crippen LogP contribution is -1.89. The fourth-order valence-electron chi connectivity index (χ4n) is 3.86. The second-order valence-electron chi connectivity index (χ2n) is 8.88. The molecule has 182 valence electrons. The minimum Gasteiger partial charge on any atom is -0.203 e. The zero-order valence-electron chi connectivity index (χ0n) is 20.6. The van der Waals surface area contributed by atoms with Gasteiger partial charge in [0.15, 0.2) is 11.7 Å². The molecule has 0 amide bonds. The molecule has 0 saturated carbocycles. The van der Waals surface area contributed by atoms with Crippen molar-refractivity contribution in [1.29, 1.82) is 0 Å². The number of unbranched alkanes of at least 4 members (excludes halogenated alkanes) is 4. The van der Waals surface area contributed by atoms with Gasteiger partial charge in [0.25, 0.3) is 0 Å². The van der Waals surface area contributed by atoms with Gasteiger partial charge in [-0.1, -0.05) is 105 Å². The van der Waals surface area contributed by atoms with Crippen LogP contribution in [0.2, 0.25) is 5.02 Å². The third kappa shape index (κ3) is 8.08. The van der Waals surface area contributed by atoms with Crippen molar-refractivity contribution in [2.24, 2.45) is 0 Å². The van der Waals surface area contributed by atoms with Crippen LogP contribution in [0, 0.1) is 11.8 Å². The lowest BCUT2D eigenvalue weighted by Gasteiger charge is -2.06. The van der Waals surface area contributed by atoms with Gasteiger partial charge in [-0.05, 0) is 61.1 Å². The second kappa shape index (κ2) is 13.9. The highest BCUT2D eigenvalue weighted by molar-refractivity contribution is 6.32. The molecule has 0 aliphatic rings. The molecule has 0 N–H and O–H groups in total. The number of halogens is 3. The Morgan fingerprint density at radius 3 is 1.86 bits per heavy atom. The maximum absolute atomic E-state index is 14.9. The summed E-state index contributed by atoms with van der Waals surface area (Å²) in [5, 5.41) is 0.292. The molecule has 0 heterocycles. The Balaban J connectivity index is 1.70. The van der Waals surface area contributed by atoms with Crippen molar-refractivity contribution < 1.29 is 8.78 Å². The quantitative estimate of drug-likeness (QED) is 0.151. The third-order valence-corrected chi connectivity index (χ3v) is 6.37. The first-order valence-electron chi connectivity index (χ1n) is 12.6. The molecule has 0 bridgehead atoms. The monoisotopic (exact) mass is 490 g/mol. The minimum atomic E-state index is -0.926. The van der Waals surface area contributed by atoms with E-state index in [0.717, 1.165) is 30.4 Å². The summed E-state index contributed by atoms with van der Waals surface area (Å²) >= 11 is 6.35. The van der Waals surface area contributed by atoms with Gasteiger partial charge in [-0.3, -0.25) is 0 Å². The molecule has 0 saturated heterocycles. The van der Waals surface area contributed by atoms with Gasteiger partial charge < -0.3 is 0 Å². The smallest absolute Gasteiger partial charge is 0.166 e. The molecule has 0 unspecified atom stereocenters. The van der Waals surface area contributed by atoms with Crippen molar-refractivity contribution in [3.8, 4) is 11.8 Å². The van der Waals surface area contributed by atoms with Crippen LogP contribution in [0.3, 0.4) is 0 Å². The molecule has 0 spiro atoms. The van der Waals surface area contributed by atoms with E-state index in [1.807, 2.05) is 24.3 Å². The molecular formula is C32H33ClF2. The molecule has 0 fully saturated rings. The first-order valence-corrected chi connectivity index (χ1v) is 12.9. The van der Waals surface area contributed by atoms with Crippen LogP contribution in [0.5, 0.6) is 0 Å². The van der Waals surface area contributed by atoms with E-state index in [1.54, 1.807) is 18.2 Å². The van der Waals surface area contributed by atoms with Crippen molar-refractivity contribution in [1.82, 2.24) is 0 Å². The van der Waals surface area contributed by atoms with Crippen molar-refractivity contribution in [2.45, 2.75) is 65.2 Å². The average Bonchev–Trinajstić information content (AvgIpc) is 2.89. The van der Waals surface area contributed by atoms with E-state index in [2.05, 4.69) is 37.8 Å². The molecule has 0 atom stereocenters. The molecule has 3 rings (SSSR count). The Kier molecular flexibility index (Phi) is 10.6. The molecular weight excluding hydrogens is 458 g/mol. The normalized spacial score (nSPS) is 11.6. The standard InChI is InChI=1S/C32H33ClF2/c1-3-5-7-8-10-25-16-19-28(20-17-25)31(34)32(35)29-22-21-27(30(33)23-29)18-15-26-13-11-24(12-14-26)9-6-4-2/h11-14,16-17,19-23H,3-10H2,1-2H3/b32-31+. The van der Waals surface area contributed by atoms with E-state index in [1.165, 1.54) is 49.8 Å². The maximum Gasteiger partial charge on any atom is 0.166 e. The van der Waals surface area contributed by atoms with Gasteiger partial charge >= 0.3 is 0 Å². The van der Waals surface area contributed by atoms with Crippen LogP contribution in [0.25, 0.3) is 11.7 Å². The van der Waals surface area contributed by atoms with Gasteiger partial charge in [-0.15, -0.1) is 0 Å². The zero-order chi connectivity index (χ0) is 25.0. The fraction of sp³-hybridized carbons (Fsp3) is 0.312. The highest BCUT2D eigenvalue weighted by atomic mass is 35.5. The van der Waals surface area contributed by atoms with Crippen LogP contribution in [0.1, 0.15) is 85.8 Å². The number of hydrogen-bond donors (Lipinski definition) is 0. The summed E-state index contributed by atoms with van der Waals surface area (Å²) in [4.78, 5) is 0. The molecule has 3 heteroatoms. The summed E-state index contributed by atoms with van der Waals surface area (Å²) in [6.07, 6.45) is 9.07. The van der Waals surface area contributed by atoms with Crippen LogP contribution in [-0.4, -0.2) is 0 Å². The predicted octanol–water partition coefficient (Wildman–Crippen LogP) is 9.97. The topological polar surface area (TPSA) is 0 Å². The zero-order valence-corrected chi connectivity index (χ0v) is 21.4. The largest absolute Gasteiger partial charge is 0.203 e. The summed E-state index contributed by atoms with van der Waals surface area (Å²) < 4.78 is 29.7. The van der Waals surface area contributed by atoms with Gasteiger partial charge in [0.2, 0.25) is 0 Å². The molecule has 0 aliphatic carbocycles. The van der Waals surface area contributed by atoms with Gasteiger partial charge in [-0.25, -0.2) is 8.78 Å². The number of aryl methyl sites for hydroxylation is 2. The molecule has 0 nitrogen and oxygen atoms in total. The van der Waals surface area contributed by atoms with E-state index < -0.39 is 11.7 Å². The first-order chi connectivity index (χ1) is 17.0. The Bertz CT molecular complexity index is 1180. The Morgan fingerprint density at radius 2 is 1.23 bits per heavy atom. The summed E-state index contributed by atoms with van der Waals surface area (Å²) in [6, 6.07) is 19.8. The SMILES string of the molecule is CCCCCCc1ccc(/C(F)=C(\F)c2ccc(C#Cc3ccc(CCCC)cc3)c(Cl)c2)cc1. The molecule has 3 aromatic rings. The molecule has 0 radical (unpaired) electrons. The van der Waals surface area contributed by atoms with E-state index in [-0.39, 0.29) is 11.1 Å². The third-order valence-electron chi connectivity index (χ3n) is 6.06. The Morgan fingerprint density at radius 1 is 0.657 bits per heavy atom. The second-order valence-corrected chi connectivity index (χ2v) is 9.29. The number of benzene rings is 3. The molecule has 0 aromatic heterocycles. The van der Waals surface area contributed by atoms with Gasteiger partial charge in [0.1, 0.15) is 0 Å². The summed E-state index contributed by atoms with van der Waals surface area (Å²) in [5.41, 5.74) is 4.22. The van der Waals surface area contributed by atoms with Crippen molar-refractivity contribution in [2.75, 3.05) is 0 Å². The molecule has 3 aromatic carbocycles. The maximum atomic E-state index is 14.9. The van der Waals surface area contributed by atoms with Crippen molar-refractivity contribution >= 4 is 23.3 Å². The van der Waals surface area contributed by atoms with E-state index in [0.29, 0.717) is 10.6 Å². The van der Waals surface area contributed by atoms with E-state index in [4.69, 9.17) is 11.6 Å². The van der Waals surface area contributed by atoms with Crippen LogP contribution in [0.4, 0.5) is 8.78 Å². The lowest BCUT2D eigenvalue weighted by atomic mass is 10.0. The average molecular weight is 491 g/mol. The van der Waals surface area contributed by atoms with Gasteiger partial charge in [0.05, 0.1) is 5.02 Å². The van der Waals surface area contributed by atoms with Gasteiger partial charge in [0, 0.05) is 22.3 Å². The fourth-order valence-corrected chi connectivity index (χ4v) is 4.08. The van der Waals surface area contributed by atoms with Gasteiger partial charge in [-0.2, -0.15) is 0 Å². The summed E-state index contributed by atoms with van der Waals surface area (Å²) in [5.74, 6) is 4.32. The summed E-state index contributed by atoms with van der Waals surface area (Å²) in [6.45, 7) is 4.36. The van der Waals surface area contributed by atoms with Crippen LogP contribution in [0.15, 0.2) is 66.7 Å². The first kappa shape index (κ1) is 26.7. The predicted molar refractivity (Wildman–Crippen MR) is 146 cm³/mol. The van der Waals surface area contributed by atoms with E-state index in [9.17, 15) is 8.78 Å². The van der Waals surface area contributed by atoms with Crippen LogP contribution >= 0.6 is 11.6 Å². The number of hydrogen-bond acceptors (Lipinski definition) is 0. The highest BCUT2D eigenvalue weighted by Crippen LogP contribution is 2.31. The summed E-state index contributed by atoms with van der Waals surface area (Å²) in [7, 11) is 0.